The van der Waals surface area contributed by atoms with Crippen molar-refractivity contribution >= 4 is 17.9 Å². The highest BCUT2D eigenvalue weighted by Gasteiger charge is 2.18. The lowest BCUT2D eigenvalue weighted by Crippen LogP contribution is -2.45. The molecule has 1 amide bonds. The molecule has 0 fully saturated rings. The molecule has 1 unspecified atom stereocenters. The minimum Gasteiger partial charge on any atom is -0.444 e. The van der Waals surface area contributed by atoms with Crippen molar-refractivity contribution in [1.29, 1.82) is 0 Å². The van der Waals surface area contributed by atoms with E-state index in [9.17, 15) is 4.79 Å². The molecule has 19 heavy (non-hydrogen) atoms. The van der Waals surface area contributed by atoms with E-state index in [1.807, 2.05) is 32.5 Å². The molecular formula is C14H30N2O2S. The predicted molar refractivity (Wildman–Crippen MR) is 83.9 cm³/mol. The second-order valence-electron chi connectivity index (χ2n) is 6.03. The smallest absolute Gasteiger partial charge is 0.407 e. The van der Waals surface area contributed by atoms with Gasteiger partial charge in [0.05, 0.1) is 0 Å². The molecule has 4 nitrogen and oxygen atoms in total. The Kier molecular flexibility index (Phi) is 9.27. The SMILES string of the molecule is CSCCCNC(CNC(=O)OC(C)(C)C)C(C)C. The van der Waals surface area contributed by atoms with Crippen molar-refractivity contribution in [2.24, 2.45) is 5.92 Å². The largest absolute Gasteiger partial charge is 0.444 e. The van der Waals surface area contributed by atoms with E-state index in [-0.39, 0.29) is 12.1 Å². The first-order chi connectivity index (χ1) is 8.76. The fourth-order valence-electron chi connectivity index (χ4n) is 1.56. The summed E-state index contributed by atoms with van der Waals surface area (Å²) < 4.78 is 5.23. The van der Waals surface area contributed by atoms with Gasteiger partial charge in [0.15, 0.2) is 0 Å². The van der Waals surface area contributed by atoms with Gasteiger partial charge in [-0.25, -0.2) is 4.79 Å². The Hall–Kier alpha value is -0.420. The molecule has 0 rings (SSSR count). The first kappa shape index (κ1) is 18.6. The fraction of sp³-hybridized carbons (Fsp3) is 0.929. The molecule has 2 N–H and O–H groups in total. The van der Waals surface area contributed by atoms with Crippen molar-refractivity contribution in [3.05, 3.63) is 0 Å². The highest BCUT2D eigenvalue weighted by atomic mass is 32.2. The summed E-state index contributed by atoms with van der Waals surface area (Å²) in [5.74, 6) is 1.64. The molecular weight excluding hydrogens is 260 g/mol. The van der Waals surface area contributed by atoms with E-state index in [0.717, 1.165) is 18.7 Å². The van der Waals surface area contributed by atoms with Gasteiger partial charge >= 0.3 is 6.09 Å². The zero-order chi connectivity index (χ0) is 14.9. The average Bonchev–Trinajstić information content (AvgIpc) is 2.25. The van der Waals surface area contributed by atoms with Crippen LogP contribution in [0.2, 0.25) is 0 Å². The van der Waals surface area contributed by atoms with Gasteiger partial charge in [0.1, 0.15) is 5.60 Å². The number of carbonyl (C=O) groups is 1. The lowest BCUT2D eigenvalue weighted by molar-refractivity contribution is 0.0519. The van der Waals surface area contributed by atoms with Crippen LogP contribution in [0.1, 0.15) is 41.0 Å². The Bertz CT molecular complexity index is 252. The summed E-state index contributed by atoms with van der Waals surface area (Å²) in [7, 11) is 0. The van der Waals surface area contributed by atoms with Gasteiger partial charge < -0.3 is 15.4 Å². The Morgan fingerprint density at radius 2 is 1.95 bits per heavy atom. The third-order valence-corrected chi connectivity index (χ3v) is 3.30. The lowest BCUT2D eigenvalue weighted by atomic mass is 10.0. The third kappa shape index (κ3) is 11.1. The van der Waals surface area contributed by atoms with Crippen molar-refractivity contribution in [3.8, 4) is 0 Å². The predicted octanol–water partition coefficient (Wildman–Crippen LogP) is 2.88. The van der Waals surface area contributed by atoms with Crippen molar-refractivity contribution in [2.45, 2.75) is 52.7 Å². The first-order valence-electron chi connectivity index (χ1n) is 6.95. The standard InChI is InChI=1S/C14H30N2O2S/c1-11(2)12(15-8-7-9-19-6)10-16-13(17)18-14(3,4)5/h11-12,15H,7-10H2,1-6H3,(H,16,17). The molecule has 0 aliphatic rings. The second-order valence-corrected chi connectivity index (χ2v) is 7.02. The highest BCUT2D eigenvalue weighted by Crippen LogP contribution is 2.07. The molecule has 1 atom stereocenters. The number of hydrogen-bond acceptors (Lipinski definition) is 4. The number of rotatable bonds is 8. The number of ether oxygens (including phenoxy) is 1. The van der Waals surface area contributed by atoms with Crippen LogP contribution in [0, 0.1) is 5.92 Å². The molecule has 0 bridgehead atoms. The molecule has 5 heteroatoms. The van der Waals surface area contributed by atoms with Crippen molar-refractivity contribution < 1.29 is 9.53 Å². The number of hydrogen-bond donors (Lipinski definition) is 2. The van der Waals surface area contributed by atoms with Crippen LogP contribution in [-0.2, 0) is 4.74 Å². The lowest BCUT2D eigenvalue weighted by Gasteiger charge is -2.24. The fourth-order valence-corrected chi connectivity index (χ4v) is 1.99. The van der Waals surface area contributed by atoms with Gasteiger partial charge in [-0.15, -0.1) is 0 Å². The van der Waals surface area contributed by atoms with E-state index in [4.69, 9.17) is 4.74 Å². The van der Waals surface area contributed by atoms with Crippen LogP contribution >= 0.6 is 11.8 Å². The minimum atomic E-state index is -0.441. The average molecular weight is 290 g/mol. The number of carbonyl (C=O) groups excluding carboxylic acids is 1. The Balaban J connectivity index is 3.97. The van der Waals surface area contributed by atoms with E-state index in [1.54, 1.807) is 0 Å². The van der Waals surface area contributed by atoms with Crippen LogP contribution in [0.15, 0.2) is 0 Å². The van der Waals surface area contributed by atoms with Crippen molar-refractivity contribution in [1.82, 2.24) is 10.6 Å². The Morgan fingerprint density at radius 3 is 2.42 bits per heavy atom. The van der Waals surface area contributed by atoms with Gasteiger partial charge in [0.25, 0.3) is 0 Å². The normalized spacial score (nSPS) is 13.4. The summed E-state index contributed by atoms with van der Waals surface area (Å²) in [4.78, 5) is 11.6. The summed E-state index contributed by atoms with van der Waals surface area (Å²) in [5.41, 5.74) is -0.441. The summed E-state index contributed by atoms with van der Waals surface area (Å²) >= 11 is 1.86. The van der Waals surface area contributed by atoms with Crippen LogP contribution < -0.4 is 10.6 Å². The van der Waals surface area contributed by atoms with Gasteiger partial charge in [-0.3, -0.25) is 0 Å². The van der Waals surface area contributed by atoms with Gasteiger partial charge in [0.2, 0.25) is 0 Å². The maximum Gasteiger partial charge on any atom is 0.407 e. The zero-order valence-electron chi connectivity index (χ0n) is 13.2. The van der Waals surface area contributed by atoms with Crippen LogP contribution in [0.25, 0.3) is 0 Å². The van der Waals surface area contributed by atoms with Crippen LogP contribution in [0.3, 0.4) is 0 Å². The topological polar surface area (TPSA) is 50.4 Å². The highest BCUT2D eigenvalue weighted by molar-refractivity contribution is 7.98. The number of nitrogens with one attached hydrogen (secondary N) is 2. The molecule has 0 aliphatic carbocycles. The Labute approximate surface area is 122 Å². The van der Waals surface area contributed by atoms with Crippen LogP contribution in [0.4, 0.5) is 4.79 Å². The quantitative estimate of drug-likeness (QED) is 0.675. The molecule has 0 saturated heterocycles. The summed E-state index contributed by atoms with van der Waals surface area (Å²) in [6.07, 6.45) is 2.92. The third-order valence-electron chi connectivity index (χ3n) is 2.60. The number of amides is 1. The molecule has 0 aliphatic heterocycles. The van der Waals surface area contributed by atoms with E-state index in [1.165, 1.54) is 0 Å². The minimum absolute atomic E-state index is 0.286. The molecule has 0 radical (unpaired) electrons. The van der Waals surface area contributed by atoms with E-state index in [0.29, 0.717) is 12.5 Å². The van der Waals surface area contributed by atoms with Gasteiger partial charge in [0, 0.05) is 12.6 Å². The summed E-state index contributed by atoms with van der Waals surface area (Å²) in [6, 6.07) is 0.286. The maximum atomic E-state index is 11.6. The molecule has 0 heterocycles. The first-order valence-corrected chi connectivity index (χ1v) is 8.35. The van der Waals surface area contributed by atoms with Gasteiger partial charge in [-0.2, -0.15) is 11.8 Å². The van der Waals surface area contributed by atoms with Crippen LogP contribution in [-0.4, -0.2) is 42.8 Å². The van der Waals surface area contributed by atoms with Crippen LogP contribution in [0.5, 0.6) is 0 Å². The van der Waals surface area contributed by atoms with Gasteiger partial charge in [-0.05, 0) is 51.7 Å². The molecule has 0 aromatic heterocycles. The zero-order valence-corrected chi connectivity index (χ0v) is 14.0. The molecule has 0 aromatic rings. The van der Waals surface area contributed by atoms with Crippen molar-refractivity contribution in [2.75, 3.05) is 25.1 Å². The number of thioether (sulfide) groups is 1. The monoisotopic (exact) mass is 290 g/mol. The Morgan fingerprint density at radius 1 is 1.32 bits per heavy atom. The maximum absolute atomic E-state index is 11.6. The van der Waals surface area contributed by atoms with Crippen molar-refractivity contribution in [3.63, 3.8) is 0 Å². The van der Waals surface area contributed by atoms with E-state index in [2.05, 4.69) is 30.7 Å². The molecule has 0 spiro atoms. The van der Waals surface area contributed by atoms with E-state index < -0.39 is 5.60 Å². The molecule has 0 aromatic carbocycles. The second kappa shape index (κ2) is 9.48. The molecule has 114 valence electrons. The summed E-state index contributed by atoms with van der Waals surface area (Å²) in [5, 5.41) is 6.32. The van der Waals surface area contributed by atoms with E-state index >= 15 is 0 Å². The summed E-state index contributed by atoms with van der Waals surface area (Å²) in [6.45, 7) is 11.5. The number of alkyl carbamates (subject to hydrolysis) is 1. The van der Waals surface area contributed by atoms with Gasteiger partial charge in [-0.1, -0.05) is 13.8 Å². The molecule has 0 saturated carbocycles.